The van der Waals surface area contributed by atoms with Crippen LogP contribution in [-0.4, -0.2) is 28.6 Å². The monoisotopic (exact) mass is 262 g/mol. The van der Waals surface area contributed by atoms with E-state index in [2.05, 4.69) is 9.82 Å². The first-order chi connectivity index (χ1) is 9.08. The molecule has 0 saturated carbocycles. The Morgan fingerprint density at radius 2 is 2.05 bits per heavy atom. The van der Waals surface area contributed by atoms with Crippen molar-refractivity contribution < 1.29 is 19.5 Å². The van der Waals surface area contributed by atoms with Crippen molar-refractivity contribution in [3.05, 3.63) is 46.4 Å². The van der Waals surface area contributed by atoms with Crippen LogP contribution in [0.15, 0.2) is 35.1 Å². The lowest BCUT2D eigenvalue weighted by molar-refractivity contribution is -0.144. The lowest BCUT2D eigenvalue weighted by atomic mass is 10.1. The minimum absolute atomic E-state index is 0.00547. The number of nitrogens with one attached hydrogen (secondary N) is 2. The molecule has 0 saturated heterocycles. The highest BCUT2D eigenvalue weighted by Crippen LogP contribution is 2.09. The van der Waals surface area contributed by atoms with E-state index in [-0.39, 0.29) is 5.69 Å². The summed E-state index contributed by atoms with van der Waals surface area (Å²) >= 11 is 0. The smallest absolute Gasteiger partial charge is 0.332 e. The molecule has 0 radical (unpaired) electrons. The van der Waals surface area contributed by atoms with Gasteiger partial charge in [0, 0.05) is 5.39 Å². The molecule has 1 heterocycles. The van der Waals surface area contributed by atoms with Crippen molar-refractivity contribution >= 4 is 22.6 Å². The molecule has 2 rings (SSSR count). The number of aromatic amines is 1. The zero-order chi connectivity index (χ0) is 13.8. The van der Waals surface area contributed by atoms with Crippen LogP contribution in [0.1, 0.15) is 10.5 Å². The molecule has 0 fully saturated rings. The second-order valence-corrected chi connectivity index (χ2v) is 3.71. The Balaban J connectivity index is 2.23. The summed E-state index contributed by atoms with van der Waals surface area (Å²) in [6.07, 6.45) is 0. The van der Waals surface area contributed by atoms with Gasteiger partial charge < -0.3 is 10.1 Å². The molecule has 1 aromatic heterocycles. The van der Waals surface area contributed by atoms with Gasteiger partial charge in [0.05, 0.1) is 0 Å². The third-order valence-electron chi connectivity index (χ3n) is 2.36. The van der Waals surface area contributed by atoms with Gasteiger partial charge in [-0.3, -0.25) is 14.4 Å². The number of carboxylic acids is 1. The molecular weight excluding hydrogens is 252 g/mol. The van der Waals surface area contributed by atoms with Crippen LogP contribution < -0.4 is 11.0 Å². The van der Waals surface area contributed by atoms with Crippen LogP contribution in [0.4, 0.5) is 0 Å². The topological polar surface area (TPSA) is 108 Å². The van der Waals surface area contributed by atoms with Gasteiger partial charge in [0.15, 0.2) is 6.61 Å². The number of H-pyrrole nitrogens is 1. The van der Waals surface area contributed by atoms with Crippen LogP contribution in [0, 0.1) is 0 Å². The number of rotatable bonds is 4. The Labute approximate surface area is 106 Å². The van der Waals surface area contributed by atoms with Crippen molar-refractivity contribution in [3.63, 3.8) is 0 Å². The molecule has 7 nitrogen and oxygen atoms in total. The molecule has 0 unspecified atom stereocenters. The largest absolute Gasteiger partial charge is 0.479 e. The third kappa shape index (κ3) is 2.96. The van der Waals surface area contributed by atoms with Gasteiger partial charge in [-0.1, -0.05) is 18.2 Å². The first-order valence-corrected chi connectivity index (χ1v) is 5.34. The summed E-state index contributed by atoms with van der Waals surface area (Å²) in [5.41, 5.74) is 1.53. The van der Waals surface area contributed by atoms with Crippen molar-refractivity contribution in [2.75, 3.05) is 6.61 Å². The number of benzene rings is 1. The first kappa shape index (κ1) is 12.8. The van der Waals surface area contributed by atoms with Gasteiger partial charge >= 0.3 is 5.97 Å². The molecule has 0 spiro atoms. The molecule has 1 aromatic carbocycles. The van der Waals surface area contributed by atoms with E-state index in [4.69, 9.17) is 5.11 Å². The van der Waals surface area contributed by atoms with Gasteiger partial charge in [-0.15, -0.1) is 0 Å². The number of carbonyl (C=O) groups is 2. The first-order valence-electron chi connectivity index (χ1n) is 5.34. The van der Waals surface area contributed by atoms with Gasteiger partial charge in [-0.05, 0) is 17.5 Å². The molecule has 0 atom stereocenters. The fourth-order valence-electron chi connectivity index (χ4n) is 1.55. The predicted octanol–water partition coefficient (Wildman–Crippen LogP) is 0.274. The molecule has 0 aliphatic heterocycles. The zero-order valence-electron chi connectivity index (χ0n) is 9.67. The molecule has 3 N–H and O–H groups in total. The van der Waals surface area contributed by atoms with Crippen molar-refractivity contribution in [1.29, 1.82) is 0 Å². The standard InChI is InChI=1S/C12H10N2O5/c15-10(16)6-19-14-12(18)9-5-7-3-1-2-4-8(7)11(17)13-9/h1-5H,6H2,(H,13,17)(H,14,18)(H,15,16). The minimum atomic E-state index is -1.22. The van der Waals surface area contributed by atoms with E-state index in [1.807, 2.05) is 5.48 Å². The highest BCUT2D eigenvalue weighted by molar-refractivity contribution is 5.95. The van der Waals surface area contributed by atoms with Crippen molar-refractivity contribution in [1.82, 2.24) is 10.5 Å². The van der Waals surface area contributed by atoms with Crippen LogP contribution in [0.5, 0.6) is 0 Å². The average molecular weight is 262 g/mol. The molecule has 7 heteroatoms. The number of aliphatic carboxylic acids is 1. The van der Waals surface area contributed by atoms with Gasteiger partial charge in [0.25, 0.3) is 11.5 Å². The Hall–Kier alpha value is -2.67. The van der Waals surface area contributed by atoms with Gasteiger partial charge in [0.1, 0.15) is 5.69 Å². The summed E-state index contributed by atoms with van der Waals surface area (Å²) in [6, 6.07) is 8.27. The van der Waals surface area contributed by atoms with Gasteiger partial charge in [-0.25, -0.2) is 10.3 Å². The van der Waals surface area contributed by atoms with Gasteiger partial charge in [-0.2, -0.15) is 0 Å². The summed E-state index contributed by atoms with van der Waals surface area (Å²) < 4.78 is 0. The maximum atomic E-state index is 11.7. The van der Waals surface area contributed by atoms with Crippen LogP contribution in [-0.2, 0) is 9.63 Å². The average Bonchev–Trinajstić information content (AvgIpc) is 2.38. The number of carbonyl (C=O) groups excluding carboxylic acids is 1. The zero-order valence-corrected chi connectivity index (χ0v) is 9.67. The van der Waals surface area contributed by atoms with E-state index in [0.29, 0.717) is 10.8 Å². The Bertz CT molecular complexity index is 692. The van der Waals surface area contributed by atoms with Crippen molar-refractivity contribution in [2.24, 2.45) is 0 Å². The molecule has 98 valence electrons. The molecule has 2 aromatic rings. The minimum Gasteiger partial charge on any atom is -0.479 e. The number of carboxylic acid groups (broad SMARTS) is 1. The molecule has 0 aliphatic carbocycles. The fraction of sp³-hybridized carbons (Fsp3) is 0.0833. The van der Waals surface area contributed by atoms with E-state index in [9.17, 15) is 14.4 Å². The summed E-state index contributed by atoms with van der Waals surface area (Å²) in [7, 11) is 0. The summed E-state index contributed by atoms with van der Waals surface area (Å²) in [5.74, 6) is -1.93. The van der Waals surface area contributed by atoms with E-state index >= 15 is 0 Å². The number of amides is 1. The van der Waals surface area contributed by atoms with E-state index in [0.717, 1.165) is 0 Å². The highest BCUT2D eigenvalue weighted by atomic mass is 16.7. The second-order valence-electron chi connectivity index (χ2n) is 3.71. The molecule has 0 bridgehead atoms. The Morgan fingerprint density at radius 3 is 2.79 bits per heavy atom. The predicted molar refractivity (Wildman–Crippen MR) is 65.6 cm³/mol. The second kappa shape index (κ2) is 5.32. The number of pyridine rings is 1. The Morgan fingerprint density at radius 1 is 1.32 bits per heavy atom. The van der Waals surface area contributed by atoms with E-state index in [1.54, 1.807) is 24.3 Å². The van der Waals surface area contributed by atoms with Crippen molar-refractivity contribution in [2.45, 2.75) is 0 Å². The van der Waals surface area contributed by atoms with Crippen LogP contribution in [0.25, 0.3) is 10.8 Å². The number of aromatic nitrogens is 1. The summed E-state index contributed by atoms with van der Waals surface area (Å²) in [5, 5.41) is 9.42. The SMILES string of the molecule is O=C(O)CONC(=O)c1cc2ccccc2c(=O)[nH]1. The van der Waals surface area contributed by atoms with E-state index in [1.165, 1.54) is 6.07 Å². The lowest BCUT2D eigenvalue weighted by Crippen LogP contribution is -2.28. The molecule has 0 aliphatic rings. The Kier molecular flexibility index (Phi) is 3.58. The number of fused-ring (bicyclic) bond motifs is 1. The lowest BCUT2D eigenvalue weighted by Gasteiger charge is -2.04. The summed E-state index contributed by atoms with van der Waals surface area (Å²) in [4.78, 5) is 40.4. The summed E-state index contributed by atoms with van der Waals surface area (Å²) in [6.45, 7) is -0.663. The van der Waals surface area contributed by atoms with Crippen molar-refractivity contribution in [3.8, 4) is 0 Å². The highest BCUT2D eigenvalue weighted by Gasteiger charge is 2.09. The molecule has 19 heavy (non-hydrogen) atoms. The number of hydrogen-bond donors (Lipinski definition) is 3. The maximum absolute atomic E-state index is 11.7. The molecular formula is C12H10N2O5. The van der Waals surface area contributed by atoms with E-state index < -0.39 is 24.0 Å². The maximum Gasteiger partial charge on any atom is 0.332 e. The molecule has 1 amide bonds. The van der Waals surface area contributed by atoms with Crippen LogP contribution in [0.2, 0.25) is 0 Å². The van der Waals surface area contributed by atoms with Crippen LogP contribution >= 0.6 is 0 Å². The quantitative estimate of drug-likeness (QED) is 0.685. The number of hydroxylamine groups is 1. The normalized spacial score (nSPS) is 10.3. The van der Waals surface area contributed by atoms with Gasteiger partial charge in [0.2, 0.25) is 0 Å². The van der Waals surface area contributed by atoms with Crippen LogP contribution in [0.3, 0.4) is 0 Å². The third-order valence-corrected chi connectivity index (χ3v) is 2.36. The number of hydrogen-bond acceptors (Lipinski definition) is 4. The fourth-order valence-corrected chi connectivity index (χ4v) is 1.55.